The normalized spacial score (nSPS) is 26.9. The number of halogens is 2. The van der Waals surface area contributed by atoms with Gasteiger partial charge in [0, 0.05) is 16.2 Å². The molecule has 0 radical (unpaired) electrons. The third kappa shape index (κ3) is 4.19. The predicted molar refractivity (Wildman–Crippen MR) is 85.3 cm³/mol. The van der Waals surface area contributed by atoms with Gasteiger partial charge in [-0.2, -0.15) is 0 Å². The minimum absolute atomic E-state index is 0.264. The summed E-state index contributed by atoms with van der Waals surface area (Å²) in [6.07, 6.45) is 3.33. The molecule has 0 spiro atoms. The summed E-state index contributed by atoms with van der Waals surface area (Å²) < 4.78 is 26.9. The van der Waals surface area contributed by atoms with Gasteiger partial charge in [-0.05, 0) is 55.2 Å². The fraction of sp³-hybridized carbons (Fsp3) is 0.647. The molecule has 1 nitrogen and oxygen atoms in total. The molecule has 1 saturated carbocycles. The predicted octanol–water partition coefficient (Wildman–Crippen LogP) is 4.85. The number of thioether (sulfide) groups is 1. The lowest BCUT2D eigenvalue weighted by Crippen LogP contribution is -2.36. The van der Waals surface area contributed by atoms with Crippen molar-refractivity contribution >= 4 is 11.8 Å². The van der Waals surface area contributed by atoms with Crippen LogP contribution in [-0.2, 0) is 0 Å². The minimum Gasteiger partial charge on any atom is -0.330 e. The lowest BCUT2D eigenvalue weighted by molar-refractivity contribution is 0.157. The second-order valence-electron chi connectivity index (χ2n) is 7.10. The molecule has 2 N–H and O–H groups in total. The van der Waals surface area contributed by atoms with Gasteiger partial charge in [0.2, 0.25) is 0 Å². The van der Waals surface area contributed by atoms with Crippen LogP contribution in [0.25, 0.3) is 0 Å². The highest BCUT2D eigenvalue weighted by molar-refractivity contribution is 8.00. The zero-order chi connectivity index (χ0) is 15.6. The topological polar surface area (TPSA) is 26.0 Å². The van der Waals surface area contributed by atoms with E-state index in [0.29, 0.717) is 28.5 Å². The lowest BCUT2D eigenvalue weighted by Gasteiger charge is -2.41. The van der Waals surface area contributed by atoms with E-state index in [1.165, 1.54) is 24.2 Å². The molecule has 3 unspecified atom stereocenters. The Morgan fingerprint density at radius 1 is 1.24 bits per heavy atom. The summed E-state index contributed by atoms with van der Waals surface area (Å²) in [5.41, 5.74) is 6.16. The van der Waals surface area contributed by atoms with Crippen molar-refractivity contribution in [2.75, 3.05) is 6.54 Å². The number of benzene rings is 1. The van der Waals surface area contributed by atoms with Crippen molar-refractivity contribution in [1.82, 2.24) is 0 Å². The number of rotatable bonds is 3. The van der Waals surface area contributed by atoms with Crippen LogP contribution in [0.2, 0.25) is 0 Å². The van der Waals surface area contributed by atoms with E-state index in [0.717, 1.165) is 18.9 Å². The van der Waals surface area contributed by atoms with E-state index in [9.17, 15) is 8.78 Å². The van der Waals surface area contributed by atoms with E-state index in [1.807, 2.05) is 0 Å². The zero-order valence-electron chi connectivity index (χ0n) is 13.0. The van der Waals surface area contributed by atoms with Crippen LogP contribution in [0.15, 0.2) is 23.1 Å². The second kappa shape index (κ2) is 6.66. The van der Waals surface area contributed by atoms with Gasteiger partial charge in [-0.3, -0.25) is 0 Å². The number of hydrogen-bond donors (Lipinski definition) is 1. The van der Waals surface area contributed by atoms with Crippen LogP contribution in [0.1, 0.15) is 40.0 Å². The Hall–Kier alpha value is -0.610. The van der Waals surface area contributed by atoms with Gasteiger partial charge in [-0.1, -0.05) is 20.8 Å². The van der Waals surface area contributed by atoms with Crippen molar-refractivity contribution in [3.63, 3.8) is 0 Å². The average molecular weight is 313 g/mol. The Labute approximate surface area is 130 Å². The molecule has 0 bridgehead atoms. The molecule has 1 aliphatic carbocycles. The van der Waals surface area contributed by atoms with E-state index in [2.05, 4.69) is 20.8 Å². The first-order chi connectivity index (χ1) is 9.81. The highest BCUT2D eigenvalue weighted by Crippen LogP contribution is 2.45. The molecule has 0 heterocycles. The second-order valence-corrected chi connectivity index (χ2v) is 8.38. The molecular formula is C17H25F2NS. The standard InChI is InChI=1S/C17H25F2NS/c1-17(2,3)12-5-4-11(10-20)16(8-12)21-15-7-6-13(18)9-14(15)19/h6-7,9,11-12,16H,4-5,8,10,20H2,1-3H3. The Bertz CT molecular complexity index is 484. The summed E-state index contributed by atoms with van der Waals surface area (Å²) in [6, 6.07) is 3.83. The highest BCUT2D eigenvalue weighted by atomic mass is 32.2. The molecule has 1 aliphatic rings. The molecule has 21 heavy (non-hydrogen) atoms. The first-order valence-corrected chi connectivity index (χ1v) is 8.51. The van der Waals surface area contributed by atoms with Gasteiger partial charge in [0.25, 0.3) is 0 Å². The maximum absolute atomic E-state index is 13.9. The average Bonchev–Trinajstić information content (AvgIpc) is 2.41. The Kier molecular flexibility index (Phi) is 5.31. The molecule has 118 valence electrons. The van der Waals surface area contributed by atoms with Crippen LogP contribution in [0.5, 0.6) is 0 Å². The first-order valence-electron chi connectivity index (χ1n) is 7.63. The largest absolute Gasteiger partial charge is 0.330 e. The van der Waals surface area contributed by atoms with Gasteiger partial charge in [-0.15, -0.1) is 11.8 Å². The molecule has 2 rings (SSSR count). The molecule has 0 amide bonds. The highest BCUT2D eigenvalue weighted by Gasteiger charge is 2.36. The molecular weight excluding hydrogens is 288 g/mol. The van der Waals surface area contributed by atoms with Gasteiger partial charge in [0.15, 0.2) is 0 Å². The van der Waals surface area contributed by atoms with Crippen LogP contribution in [0, 0.1) is 28.9 Å². The quantitative estimate of drug-likeness (QED) is 0.863. The zero-order valence-corrected chi connectivity index (χ0v) is 13.9. The van der Waals surface area contributed by atoms with E-state index in [1.54, 1.807) is 6.07 Å². The van der Waals surface area contributed by atoms with Gasteiger partial charge in [0.1, 0.15) is 11.6 Å². The van der Waals surface area contributed by atoms with Crippen molar-refractivity contribution < 1.29 is 8.78 Å². The summed E-state index contributed by atoms with van der Waals surface area (Å²) in [5, 5.41) is 0.313. The molecule has 1 fully saturated rings. The third-order valence-corrected chi connectivity index (χ3v) is 6.09. The maximum Gasteiger partial charge on any atom is 0.139 e. The van der Waals surface area contributed by atoms with Gasteiger partial charge in [-0.25, -0.2) is 8.78 Å². The number of hydrogen-bond acceptors (Lipinski definition) is 2. The van der Waals surface area contributed by atoms with E-state index in [4.69, 9.17) is 5.73 Å². The molecule has 0 aromatic heterocycles. The van der Waals surface area contributed by atoms with E-state index < -0.39 is 11.6 Å². The van der Waals surface area contributed by atoms with Crippen LogP contribution >= 0.6 is 11.8 Å². The molecule has 1 aromatic rings. The third-order valence-electron chi connectivity index (χ3n) is 4.63. The van der Waals surface area contributed by atoms with E-state index in [-0.39, 0.29) is 5.41 Å². The van der Waals surface area contributed by atoms with Crippen LogP contribution in [0.3, 0.4) is 0 Å². The first kappa shape index (κ1) is 16.8. The molecule has 1 aromatic carbocycles. The monoisotopic (exact) mass is 313 g/mol. The van der Waals surface area contributed by atoms with Gasteiger partial charge < -0.3 is 5.73 Å². The molecule has 0 saturated heterocycles. The Morgan fingerprint density at radius 2 is 1.95 bits per heavy atom. The van der Waals surface area contributed by atoms with Crippen molar-refractivity contribution in [2.45, 2.75) is 50.2 Å². The van der Waals surface area contributed by atoms with Crippen molar-refractivity contribution in [3.8, 4) is 0 Å². The van der Waals surface area contributed by atoms with Crippen molar-refractivity contribution in [3.05, 3.63) is 29.8 Å². The maximum atomic E-state index is 13.9. The van der Waals surface area contributed by atoms with Crippen molar-refractivity contribution in [2.24, 2.45) is 23.0 Å². The van der Waals surface area contributed by atoms with Crippen LogP contribution < -0.4 is 5.73 Å². The van der Waals surface area contributed by atoms with Gasteiger partial charge in [0.05, 0.1) is 0 Å². The fourth-order valence-corrected chi connectivity index (χ4v) is 4.54. The molecule has 0 aliphatic heterocycles. The fourth-order valence-electron chi connectivity index (χ4n) is 3.13. The van der Waals surface area contributed by atoms with Crippen molar-refractivity contribution in [1.29, 1.82) is 0 Å². The summed E-state index contributed by atoms with van der Waals surface area (Å²) in [6.45, 7) is 7.43. The van der Waals surface area contributed by atoms with Gasteiger partial charge >= 0.3 is 0 Å². The lowest BCUT2D eigenvalue weighted by atomic mass is 9.69. The van der Waals surface area contributed by atoms with Crippen LogP contribution in [0.4, 0.5) is 8.78 Å². The van der Waals surface area contributed by atoms with E-state index >= 15 is 0 Å². The molecule has 4 heteroatoms. The Morgan fingerprint density at radius 3 is 2.52 bits per heavy atom. The summed E-state index contributed by atoms with van der Waals surface area (Å²) in [5.74, 6) is 0.0523. The molecule has 3 atom stereocenters. The number of nitrogens with two attached hydrogens (primary N) is 1. The summed E-state index contributed by atoms with van der Waals surface area (Å²) >= 11 is 1.53. The van der Waals surface area contributed by atoms with Crippen LogP contribution in [-0.4, -0.2) is 11.8 Å². The summed E-state index contributed by atoms with van der Waals surface area (Å²) in [4.78, 5) is 0.536. The summed E-state index contributed by atoms with van der Waals surface area (Å²) in [7, 11) is 0. The SMILES string of the molecule is CC(C)(C)C1CCC(CN)C(Sc2ccc(F)cc2F)C1. The Balaban J connectivity index is 2.14. The minimum atomic E-state index is -0.525. The smallest absolute Gasteiger partial charge is 0.139 e.